The van der Waals surface area contributed by atoms with Crippen LogP contribution in [0.5, 0.6) is 0 Å². The van der Waals surface area contributed by atoms with Crippen molar-refractivity contribution in [3.05, 3.63) is 29.6 Å². The summed E-state index contributed by atoms with van der Waals surface area (Å²) in [4.78, 5) is 7.89. The van der Waals surface area contributed by atoms with Gasteiger partial charge in [-0.2, -0.15) is 5.26 Å². The number of hydrogen-bond acceptors (Lipinski definition) is 3. The smallest absolute Gasteiger partial charge is 0.107 e. The molecule has 0 aliphatic heterocycles. The Labute approximate surface area is 112 Å². The molecule has 0 spiro atoms. The Balaban J connectivity index is 1.68. The lowest BCUT2D eigenvalue weighted by Gasteiger charge is -2.34. The summed E-state index contributed by atoms with van der Waals surface area (Å²) in [5.74, 6) is 1.69. The highest BCUT2D eigenvalue weighted by atomic mass is 16.5. The molecule has 19 heavy (non-hydrogen) atoms. The summed E-state index contributed by atoms with van der Waals surface area (Å²) in [5.41, 5.74) is 2.56. The lowest BCUT2D eigenvalue weighted by atomic mass is 9.80. The van der Waals surface area contributed by atoms with Crippen LogP contribution in [0.1, 0.15) is 31.2 Å². The van der Waals surface area contributed by atoms with Crippen molar-refractivity contribution in [1.82, 2.24) is 9.97 Å². The average molecular weight is 255 g/mol. The van der Waals surface area contributed by atoms with Crippen LogP contribution >= 0.6 is 0 Å². The van der Waals surface area contributed by atoms with Gasteiger partial charge in [0.05, 0.1) is 28.8 Å². The van der Waals surface area contributed by atoms with E-state index in [1.807, 2.05) is 19.1 Å². The summed E-state index contributed by atoms with van der Waals surface area (Å²) < 4.78 is 5.57. The van der Waals surface area contributed by atoms with Crippen LogP contribution in [0.15, 0.2) is 18.2 Å². The molecule has 3 rings (SSSR count). The Bertz CT molecular complexity index is 620. The number of aromatic nitrogens is 2. The Hall–Kier alpha value is -1.86. The van der Waals surface area contributed by atoms with Crippen molar-refractivity contribution in [3.8, 4) is 6.07 Å². The molecule has 0 atom stereocenters. The van der Waals surface area contributed by atoms with Gasteiger partial charge >= 0.3 is 0 Å². The minimum Gasteiger partial charge on any atom is -0.378 e. The minimum atomic E-state index is 0.449. The largest absolute Gasteiger partial charge is 0.378 e. The predicted molar refractivity (Wildman–Crippen MR) is 72.7 cm³/mol. The van der Waals surface area contributed by atoms with Gasteiger partial charge in [-0.3, -0.25) is 0 Å². The topological polar surface area (TPSA) is 61.7 Å². The zero-order valence-corrected chi connectivity index (χ0v) is 11.0. The second-order valence-electron chi connectivity index (χ2n) is 5.15. The maximum Gasteiger partial charge on any atom is 0.107 e. The van der Waals surface area contributed by atoms with Crippen LogP contribution in [0.4, 0.5) is 0 Å². The first-order valence-electron chi connectivity index (χ1n) is 6.79. The van der Waals surface area contributed by atoms with E-state index < -0.39 is 0 Å². The maximum absolute atomic E-state index is 8.88. The van der Waals surface area contributed by atoms with E-state index >= 15 is 0 Å². The lowest BCUT2D eigenvalue weighted by Crippen LogP contribution is -2.32. The summed E-state index contributed by atoms with van der Waals surface area (Å²) in [7, 11) is 0. The van der Waals surface area contributed by atoms with Crippen molar-refractivity contribution in [1.29, 1.82) is 5.26 Å². The van der Waals surface area contributed by atoms with Crippen LogP contribution in [0.25, 0.3) is 11.0 Å². The van der Waals surface area contributed by atoms with Gasteiger partial charge in [-0.05, 0) is 43.9 Å². The molecule has 1 aromatic heterocycles. The number of imidazole rings is 1. The third-order valence-electron chi connectivity index (χ3n) is 3.74. The van der Waals surface area contributed by atoms with Crippen molar-refractivity contribution in [2.45, 2.75) is 32.3 Å². The van der Waals surface area contributed by atoms with Crippen molar-refractivity contribution < 1.29 is 4.74 Å². The predicted octanol–water partition coefficient (Wildman–Crippen LogP) is 2.79. The van der Waals surface area contributed by atoms with Gasteiger partial charge in [0.1, 0.15) is 5.82 Å². The van der Waals surface area contributed by atoms with E-state index in [0.717, 1.165) is 42.7 Å². The number of nitrogens with zero attached hydrogens (tertiary/aromatic N) is 2. The molecular formula is C15H17N3O. The molecule has 0 unspecified atom stereocenters. The quantitative estimate of drug-likeness (QED) is 0.913. The number of rotatable bonds is 4. The van der Waals surface area contributed by atoms with Crippen LogP contribution in [-0.2, 0) is 11.2 Å². The fourth-order valence-electron chi connectivity index (χ4n) is 2.72. The van der Waals surface area contributed by atoms with Crippen molar-refractivity contribution in [3.63, 3.8) is 0 Å². The molecule has 1 N–H and O–H groups in total. The van der Waals surface area contributed by atoms with E-state index in [0.29, 0.717) is 17.6 Å². The van der Waals surface area contributed by atoms with Gasteiger partial charge in [-0.25, -0.2) is 4.98 Å². The third kappa shape index (κ3) is 2.47. The molecule has 98 valence electrons. The number of H-pyrrole nitrogens is 1. The van der Waals surface area contributed by atoms with E-state index in [2.05, 4.69) is 16.0 Å². The molecule has 4 heteroatoms. The molecule has 0 bridgehead atoms. The molecule has 4 nitrogen and oxygen atoms in total. The fraction of sp³-hybridized carbons (Fsp3) is 0.467. The highest BCUT2D eigenvalue weighted by molar-refractivity contribution is 5.76. The van der Waals surface area contributed by atoms with Crippen molar-refractivity contribution in [2.75, 3.05) is 6.61 Å². The summed E-state index contributed by atoms with van der Waals surface area (Å²) in [6, 6.07) is 7.71. The van der Waals surface area contributed by atoms with E-state index in [1.54, 1.807) is 6.07 Å². The SMILES string of the molecule is CCOC1CC(Cc2nc3ccc(C#N)cc3[nH]2)C1. The fourth-order valence-corrected chi connectivity index (χ4v) is 2.72. The molecule has 1 aliphatic rings. The lowest BCUT2D eigenvalue weighted by molar-refractivity contribution is -0.0244. The van der Waals surface area contributed by atoms with Gasteiger partial charge in [0.15, 0.2) is 0 Å². The molecule has 1 aliphatic carbocycles. The number of nitrogens with one attached hydrogen (secondary N) is 1. The number of aromatic amines is 1. The molecular weight excluding hydrogens is 238 g/mol. The summed E-state index contributed by atoms with van der Waals surface area (Å²) in [6.45, 7) is 2.85. The summed E-state index contributed by atoms with van der Waals surface area (Å²) in [5, 5.41) is 8.88. The molecule has 1 heterocycles. The molecule has 0 radical (unpaired) electrons. The van der Waals surface area contributed by atoms with Crippen molar-refractivity contribution in [2.24, 2.45) is 5.92 Å². The van der Waals surface area contributed by atoms with Crippen LogP contribution in [0.3, 0.4) is 0 Å². The van der Waals surface area contributed by atoms with Crippen molar-refractivity contribution >= 4 is 11.0 Å². The van der Waals surface area contributed by atoms with Crippen LogP contribution in [0.2, 0.25) is 0 Å². The van der Waals surface area contributed by atoms with Gasteiger partial charge in [-0.1, -0.05) is 0 Å². The van der Waals surface area contributed by atoms with Gasteiger partial charge in [0.25, 0.3) is 0 Å². The van der Waals surface area contributed by atoms with Gasteiger partial charge in [0.2, 0.25) is 0 Å². The molecule has 2 aromatic rings. The molecule has 1 fully saturated rings. The Morgan fingerprint density at radius 1 is 1.47 bits per heavy atom. The monoisotopic (exact) mass is 255 g/mol. The number of hydrogen-bond donors (Lipinski definition) is 1. The second kappa shape index (κ2) is 5.02. The van der Waals surface area contributed by atoms with Gasteiger partial charge in [-0.15, -0.1) is 0 Å². The zero-order chi connectivity index (χ0) is 13.2. The number of benzene rings is 1. The highest BCUT2D eigenvalue weighted by Gasteiger charge is 2.30. The maximum atomic E-state index is 8.88. The summed E-state index contributed by atoms with van der Waals surface area (Å²) in [6.07, 6.45) is 3.69. The number of ether oxygens (including phenoxy) is 1. The van der Waals surface area contributed by atoms with E-state index in [9.17, 15) is 0 Å². The third-order valence-corrected chi connectivity index (χ3v) is 3.74. The molecule has 0 saturated heterocycles. The Morgan fingerprint density at radius 2 is 2.32 bits per heavy atom. The molecule has 1 saturated carbocycles. The minimum absolute atomic E-state index is 0.449. The van der Waals surface area contributed by atoms with Gasteiger partial charge in [0, 0.05) is 13.0 Å². The zero-order valence-electron chi connectivity index (χ0n) is 11.0. The van der Waals surface area contributed by atoms with E-state index in [4.69, 9.17) is 10.00 Å². The van der Waals surface area contributed by atoms with E-state index in [1.165, 1.54) is 0 Å². The standard InChI is InChI=1S/C15H17N3O/c1-2-19-12-5-11(6-12)8-15-17-13-4-3-10(9-16)7-14(13)18-15/h3-4,7,11-12H,2,5-6,8H2,1H3,(H,17,18). The van der Waals surface area contributed by atoms with E-state index in [-0.39, 0.29) is 0 Å². The van der Waals surface area contributed by atoms with Crippen LogP contribution in [0, 0.1) is 17.2 Å². The first-order chi connectivity index (χ1) is 9.28. The first kappa shape index (κ1) is 12.2. The van der Waals surface area contributed by atoms with Crippen LogP contribution in [-0.4, -0.2) is 22.7 Å². The normalized spacial score (nSPS) is 22.1. The van der Waals surface area contributed by atoms with Crippen LogP contribution < -0.4 is 0 Å². The molecule has 1 aromatic carbocycles. The Kier molecular flexibility index (Phi) is 3.22. The Morgan fingerprint density at radius 3 is 3.05 bits per heavy atom. The number of nitriles is 1. The first-order valence-corrected chi connectivity index (χ1v) is 6.79. The van der Waals surface area contributed by atoms with Gasteiger partial charge < -0.3 is 9.72 Å². The second-order valence-corrected chi connectivity index (χ2v) is 5.15. The molecule has 0 amide bonds. The number of fused-ring (bicyclic) bond motifs is 1. The highest BCUT2D eigenvalue weighted by Crippen LogP contribution is 2.32. The average Bonchev–Trinajstić information content (AvgIpc) is 2.77. The summed E-state index contributed by atoms with van der Waals surface area (Å²) >= 11 is 0.